The van der Waals surface area contributed by atoms with Gasteiger partial charge in [-0.05, 0) is 36.8 Å². The maximum Gasteiger partial charge on any atom is 0.255 e. The number of alkyl halides is 1. The first-order valence-corrected chi connectivity index (χ1v) is 7.48. The fraction of sp³-hybridized carbons (Fsp3) is 0.188. The van der Waals surface area contributed by atoms with Crippen LogP contribution in [0.4, 0.5) is 5.69 Å². The molecule has 1 N–H and O–H groups in total. The first kappa shape index (κ1) is 14.6. The molecule has 2 aromatic rings. The first-order valence-electron chi connectivity index (χ1n) is 6.36. The van der Waals surface area contributed by atoms with Gasteiger partial charge in [0.05, 0.1) is 6.61 Å². The number of amides is 1. The molecule has 0 aliphatic rings. The van der Waals surface area contributed by atoms with Crippen molar-refractivity contribution in [3.8, 4) is 5.75 Å². The third-order valence-corrected chi connectivity index (χ3v) is 3.16. The summed E-state index contributed by atoms with van der Waals surface area (Å²) in [5.41, 5.74) is 2.44. The molecule has 4 heteroatoms. The molecule has 0 fully saturated rings. The summed E-state index contributed by atoms with van der Waals surface area (Å²) in [6.45, 7) is 2.54. The van der Waals surface area contributed by atoms with E-state index in [0.717, 1.165) is 16.6 Å². The van der Waals surface area contributed by atoms with E-state index in [1.54, 1.807) is 12.1 Å². The number of hydrogen-bond donors (Lipinski definition) is 1. The summed E-state index contributed by atoms with van der Waals surface area (Å²) in [4.78, 5) is 12.2. The molecule has 0 aliphatic heterocycles. The lowest BCUT2D eigenvalue weighted by molar-refractivity contribution is 0.102. The lowest BCUT2D eigenvalue weighted by Crippen LogP contribution is -2.12. The van der Waals surface area contributed by atoms with Crippen molar-refractivity contribution in [3.63, 3.8) is 0 Å². The van der Waals surface area contributed by atoms with Gasteiger partial charge in [0.15, 0.2) is 0 Å². The number of carbonyl (C=O) groups excluding carboxylic acids is 1. The Morgan fingerprint density at radius 2 is 2.00 bits per heavy atom. The monoisotopic (exact) mass is 333 g/mol. The Morgan fingerprint density at radius 3 is 2.75 bits per heavy atom. The zero-order chi connectivity index (χ0) is 14.4. The van der Waals surface area contributed by atoms with Crippen LogP contribution in [0.25, 0.3) is 0 Å². The Kier molecular flexibility index (Phi) is 5.18. The number of nitrogens with one attached hydrogen (secondary N) is 1. The minimum absolute atomic E-state index is 0.136. The summed E-state index contributed by atoms with van der Waals surface area (Å²) in [7, 11) is 0. The number of rotatable bonds is 5. The van der Waals surface area contributed by atoms with E-state index >= 15 is 0 Å². The van der Waals surface area contributed by atoms with Gasteiger partial charge in [-0.2, -0.15) is 0 Å². The fourth-order valence-electron chi connectivity index (χ4n) is 1.79. The highest BCUT2D eigenvalue weighted by molar-refractivity contribution is 9.09. The molecule has 0 bridgehead atoms. The molecule has 3 nitrogen and oxygen atoms in total. The van der Waals surface area contributed by atoms with Crippen molar-refractivity contribution in [2.24, 2.45) is 0 Å². The molecule has 0 saturated heterocycles. The molecular weight excluding hydrogens is 318 g/mol. The predicted octanol–water partition coefficient (Wildman–Crippen LogP) is 4.02. The Bertz CT molecular complexity index is 599. The first-order chi connectivity index (χ1) is 9.70. The number of anilines is 1. The van der Waals surface area contributed by atoms with Crippen LogP contribution in [0.5, 0.6) is 5.75 Å². The van der Waals surface area contributed by atoms with E-state index in [9.17, 15) is 4.79 Å². The second-order valence-electron chi connectivity index (χ2n) is 4.33. The molecule has 0 spiro atoms. The third kappa shape index (κ3) is 3.84. The average Bonchev–Trinajstić information content (AvgIpc) is 2.48. The van der Waals surface area contributed by atoms with E-state index in [1.165, 1.54) is 0 Å². The van der Waals surface area contributed by atoms with Crippen molar-refractivity contribution in [1.29, 1.82) is 0 Å². The zero-order valence-corrected chi connectivity index (χ0v) is 12.8. The van der Waals surface area contributed by atoms with E-state index in [1.807, 2.05) is 43.3 Å². The van der Waals surface area contributed by atoms with Crippen molar-refractivity contribution >= 4 is 27.5 Å². The maximum atomic E-state index is 12.2. The van der Waals surface area contributed by atoms with Crippen molar-refractivity contribution in [2.45, 2.75) is 6.92 Å². The number of para-hydroxylation sites is 1. The van der Waals surface area contributed by atoms with Gasteiger partial charge in [-0.15, -0.1) is 0 Å². The summed E-state index contributed by atoms with van der Waals surface area (Å²) in [6.07, 6.45) is 0. The number of ether oxygens (including phenoxy) is 1. The molecule has 20 heavy (non-hydrogen) atoms. The molecule has 0 unspecified atom stereocenters. The van der Waals surface area contributed by atoms with Crippen LogP contribution in [0.3, 0.4) is 0 Å². The molecule has 1 amide bonds. The molecule has 0 heterocycles. The highest BCUT2D eigenvalue weighted by Gasteiger charge is 2.08. The summed E-state index contributed by atoms with van der Waals surface area (Å²) < 4.78 is 5.49. The lowest BCUT2D eigenvalue weighted by atomic mass is 10.1. The van der Waals surface area contributed by atoms with E-state index < -0.39 is 0 Å². The number of hydrogen-bond acceptors (Lipinski definition) is 2. The highest BCUT2D eigenvalue weighted by atomic mass is 79.9. The van der Waals surface area contributed by atoms with E-state index in [0.29, 0.717) is 17.9 Å². The van der Waals surface area contributed by atoms with Crippen molar-refractivity contribution in [3.05, 3.63) is 59.7 Å². The van der Waals surface area contributed by atoms with Crippen LogP contribution in [-0.2, 0) is 0 Å². The predicted molar refractivity (Wildman–Crippen MR) is 84.9 cm³/mol. The molecular formula is C16H16BrNO2. The second kappa shape index (κ2) is 7.10. The molecule has 0 radical (unpaired) electrons. The topological polar surface area (TPSA) is 38.3 Å². The molecule has 2 rings (SSSR count). The van der Waals surface area contributed by atoms with Gasteiger partial charge in [0.25, 0.3) is 5.91 Å². The number of benzene rings is 2. The van der Waals surface area contributed by atoms with Crippen molar-refractivity contribution < 1.29 is 9.53 Å². The third-order valence-electron chi connectivity index (χ3n) is 2.84. The van der Waals surface area contributed by atoms with Gasteiger partial charge in [-0.3, -0.25) is 4.79 Å². The van der Waals surface area contributed by atoms with Gasteiger partial charge < -0.3 is 10.1 Å². The van der Waals surface area contributed by atoms with Crippen molar-refractivity contribution in [1.82, 2.24) is 0 Å². The van der Waals surface area contributed by atoms with Gasteiger partial charge in [-0.25, -0.2) is 0 Å². The van der Waals surface area contributed by atoms with Crippen LogP contribution >= 0.6 is 15.9 Å². The summed E-state index contributed by atoms with van der Waals surface area (Å²) in [5.74, 6) is 0.561. The van der Waals surface area contributed by atoms with Gasteiger partial charge >= 0.3 is 0 Å². The SMILES string of the molecule is Cc1ccccc1NC(=O)c1cccc(OCCBr)c1. The van der Waals surface area contributed by atoms with Crippen LogP contribution in [-0.4, -0.2) is 17.8 Å². The summed E-state index contributed by atoms with van der Waals surface area (Å²) >= 11 is 3.30. The molecule has 0 atom stereocenters. The fourth-order valence-corrected chi connectivity index (χ4v) is 1.95. The average molecular weight is 334 g/mol. The summed E-state index contributed by atoms with van der Waals surface area (Å²) in [6, 6.07) is 14.9. The molecule has 0 saturated carbocycles. The van der Waals surface area contributed by atoms with Gasteiger partial charge in [0, 0.05) is 16.6 Å². The minimum Gasteiger partial charge on any atom is -0.493 e. The number of aryl methyl sites for hydroxylation is 1. The lowest BCUT2D eigenvalue weighted by Gasteiger charge is -2.09. The van der Waals surface area contributed by atoms with Gasteiger partial charge in [0.1, 0.15) is 5.75 Å². The smallest absolute Gasteiger partial charge is 0.255 e. The quantitative estimate of drug-likeness (QED) is 0.839. The molecule has 0 aliphatic carbocycles. The molecule has 104 valence electrons. The van der Waals surface area contributed by atoms with Gasteiger partial charge in [0.2, 0.25) is 0 Å². The van der Waals surface area contributed by atoms with Gasteiger partial charge in [-0.1, -0.05) is 40.2 Å². The Hall–Kier alpha value is -1.81. The Labute approximate surface area is 127 Å². The standard InChI is InChI=1S/C16H16BrNO2/c1-12-5-2-3-8-15(12)18-16(19)13-6-4-7-14(11-13)20-10-9-17/h2-8,11H,9-10H2,1H3,(H,18,19). The van der Waals surface area contributed by atoms with Crippen molar-refractivity contribution in [2.75, 3.05) is 17.3 Å². The molecule has 2 aromatic carbocycles. The van der Waals surface area contributed by atoms with E-state index in [-0.39, 0.29) is 5.91 Å². The van der Waals surface area contributed by atoms with E-state index in [2.05, 4.69) is 21.2 Å². The van der Waals surface area contributed by atoms with Crippen LogP contribution in [0.1, 0.15) is 15.9 Å². The second-order valence-corrected chi connectivity index (χ2v) is 5.13. The number of carbonyl (C=O) groups is 1. The van der Waals surface area contributed by atoms with Crippen LogP contribution in [0, 0.1) is 6.92 Å². The highest BCUT2D eigenvalue weighted by Crippen LogP contribution is 2.17. The van der Waals surface area contributed by atoms with Crippen LogP contribution in [0.15, 0.2) is 48.5 Å². The summed E-state index contributed by atoms with van der Waals surface area (Å²) in [5, 5.41) is 3.66. The van der Waals surface area contributed by atoms with E-state index in [4.69, 9.17) is 4.74 Å². The van der Waals surface area contributed by atoms with Crippen LogP contribution < -0.4 is 10.1 Å². The largest absolute Gasteiger partial charge is 0.493 e. The molecule has 0 aromatic heterocycles. The Morgan fingerprint density at radius 1 is 1.20 bits per heavy atom. The number of halogens is 1. The Balaban J connectivity index is 2.11. The normalized spacial score (nSPS) is 10.1. The van der Waals surface area contributed by atoms with Crippen LogP contribution in [0.2, 0.25) is 0 Å². The maximum absolute atomic E-state index is 12.2. The minimum atomic E-state index is -0.136. The zero-order valence-electron chi connectivity index (χ0n) is 11.2.